The van der Waals surface area contributed by atoms with Gasteiger partial charge in [-0.3, -0.25) is 9.30 Å². The Hall–Kier alpha value is -0.940. The van der Waals surface area contributed by atoms with E-state index < -0.39 is 0 Å². The number of aromatic nitrogens is 3. The molecule has 1 aliphatic heterocycles. The number of hydrogen-bond donors (Lipinski definition) is 0. The van der Waals surface area contributed by atoms with Crippen LogP contribution in [0.3, 0.4) is 0 Å². The Balaban J connectivity index is 1.92. The molecule has 0 N–H and O–H groups in total. The van der Waals surface area contributed by atoms with Crippen molar-refractivity contribution in [3.63, 3.8) is 0 Å². The first-order valence-corrected chi connectivity index (χ1v) is 8.07. The predicted octanol–water partition coefficient (Wildman–Crippen LogP) is 3.34. The second-order valence-electron chi connectivity index (χ2n) is 6.01. The van der Waals surface area contributed by atoms with Gasteiger partial charge < -0.3 is 0 Å². The summed E-state index contributed by atoms with van der Waals surface area (Å²) in [7, 11) is 0. The Morgan fingerprint density at radius 2 is 2.15 bits per heavy atom. The lowest BCUT2D eigenvalue weighted by molar-refractivity contribution is 0.175. The molecule has 1 aliphatic rings. The summed E-state index contributed by atoms with van der Waals surface area (Å²) >= 11 is 3.70. The van der Waals surface area contributed by atoms with Crippen molar-refractivity contribution in [2.75, 3.05) is 13.1 Å². The summed E-state index contributed by atoms with van der Waals surface area (Å²) in [6.07, 6.45) is 2.64. The third-order valence-corrected chi connectivity index (χ3v) is 4.84. The van der Waals surface area contributed by atoms with E-state index in [4.69, 9.17) is 4.98 Å². The number of nitrogens with zero attached hydrogens (tertiary/aromatic N) is 4. The van der Waals surface area contributed by atoms with Gasteiger partial charge in [0.25, 0.3) is 0 Å². The molecule has 108 valence electrons. The van der Waals surface area contributed by atoms with Crippen molar-refractivity contribution in [1.29, 1.82) is 0 Å². The van der Waals surface area contributed by atoms with E-state index in [0.29, 0.717) is 0 Å². The average molecular weight is 337 g/mol. The largest absolute Gasteiger partial charge is 0.297 e. The molecule has 0 radical (unpaired) electrons. The third-order valence-electron chi connectivity index (χ3n) is 4.03. The maximum Gasteiger partial charge on any atom is 0.235 e. The Labute approximate surface area is 128 Å². The van der Waals surface area contributed by atoms with Gasteiger partial charge in [-0.05, 0) is 61.1 Å². The summed E-state index contributed by atoms with van der Waals surface area (Å²) < 4.78 is 3.14. The van der Waals surface area contributed by atoms with E-state index in [1.165, 1.54) is 31.6 Å². The summed E-state index contributed by atoms with van der Waals surface area (Å²) in [5, 5.41) is 0. The Morgan fingerprint density at radius 3 is 2.90 bits per heavy atom. The summed E-state index contributed by atoms with van der Waals surface area (Å²) in [5.41, 5.74) is 3.29. The van der Waals surface area contributed by atoms with Crippen molar-refractivity contribution in [2.45, 2.75) is 40.2 Å². The lowest BCUT2D eigenvalue weighted by Gasteiger charge is -2.30. The van der Waals surface area contributed by atoms with E-state index in [1.807, 2.05) is 6.92 Å². The Morgan fingerprint density at radius 1 is 1.35 bits per heavy atom. The first kappa shape index (κ1) is 14.0. The van der Waals surface area contributed by atoms with Gasteiger partial charge in [0.15, 0.2) is 0 Å². The first-order chi connectivity index (χ1) is 9.54. The number of aryl methyl sites for hydroxylation is 2. The number of halogens is 1. The van der Waals surface area contributed by atoms with E-state index in [1.54, 1.807) is 0 Å². The number of likely N-dealkylation sites (tertiary alicyclic amines) is 1. The van der Waals surface area contributed by atoms with Gasteiger partial charge in [-0.25, -0.2) is 9.97 Å². The van der Waals surface area contributed by atoms with Gasteiger partial charge in [-0.1, -0.05) is 6.92 Å². The van der Waals surface area contributed by atoms with Crippen molar-refractivity contribution in [3.8, 4) is 0 Å². The topological polar surface area (TPSA) is 33.4 Å². The molecule has 1 atom stereocenters. The van der Waals surface area contributed by atoms with Gasteiger partial charge in [-0.15, -0.1) is 0 Å². The van der Waals surface area contributed by atoms with Crippen molar-refractivity contribution >= 4 is 21.7 Å². The SMILES string of the molecule is Cc1cc(C)n2c(Br)c(CN3CCC[C@H](C)C3)nc2n1. The number of piperidine rings is 1. The summed E-state index contributed by atoms with van der Waals surface area (Å²) in [6.45, 7) is 9.71. The molecule has 1 saturated heterocycles. The van der Waals surface area contributed by atoms with Crippen LogP contribution in [0.1, 0.15) is 36.8 Å². The van der Waals surface area contributed by atoms with Crippen LogP contribution in [0.5, 0.6) is 0 Å². The number of rotatable bonds is 2. The van der Waals surface area contributed by atoms with Crippen LogP contribution in [0.4, 0.5) is 0 Å². The van der Waals surface area contributed by atoms with Crippen LogP contribution in [0.25, 0.3) is 5.78 Å². The monoisotopic (exact) mass is 336 g/mol. The van der Waals surface area contributed by atoms with Gasteiger partial charge in [0, 0.05) is 24.5 Å². The molecule has 0 bridgehead atoms. The lowest BCUT2D eigenvalue weighted by Crippen LogP contribution is -2.33. The molecule has 0 spiro atoms. The fourth-order valence-electron chi connectivity index (χ4n) is 3.12. The van der Waals surface area contributed by atoms with E-state index in [-0.39, 0.29) is 0 Å². The smallest absolute Gasteiger partial charge is 0.235 e. The van der Waals surface area contributed by atoms with Crippen molar-refractivity contribution < 1.29 is 0 Å². The molecular weight excluding hydrogens is 316 g/mol. The number of fused-ring (bicyclic) bond motifs is 1. The normalized spacial score (nSPS) is 20.7. The van der Waals surface area contributed by atoms with Crippen LogP contribution in [0.15, 0.2) is 10.7 Å². The van der Waals surface area contributed by atoms with Crippen LogP contribution in [0.2, 0.25) is 0 Å². The zero-order valence-corrected chi connectivity index (χ0v) is 13.9. The zero-order chi connectivity index (χ0) is 14.3. The van der Waals surface area contributed by atoms with Crippen molar-refractivity contribution in [2.24, 2.45) is 5.92 Å². The van der Waals surface area contributed by atoms with E-state index >= 15 is 0 Å². The molecule has 2 aromatic heterocycles. The minimum atomic E-state index is 0.793. The maximum atomic E-state index is 4.72. The van der Waals surface area contributed by atoms with Gasteiger partial charge in [0.05, 0.1) is 5.69 Å². The molecule has 20 heavy (non-hydrogen) atoms. The highest BCUT2D eigenvalue weighted by molar-refractivity contribution is 9.10. The number of hydrogen-bond acceptors (Lipinski definition) is 3. The summed E-state index contributed by atoms with van der Waals surface area (Å²) in [6, 6.07) is 2.09. The second-order valence-corrected chi connectivity index (χ2v) is 6.76. The van der Waals surface area contributed by atoms with Gasteiger partial charge in [0.2, 0.25) is 5.78 Å². The fourth-order valence-corrected chi connectivity index (χ4v) is 3.77. The van der Waals surface area contributed by atoms with E-state index in [2.05, 4.69) is 50.1 Å². The Kier molecular flexibility index (Phi) is 3.82. The molecule has 0 amide bonds. The van der Waals surface area contributed by atoms with Crippen LogP contribution < -0.4 is 0 Å². The minimum Gasteiger partial charge on any atom is -0.297 e. The predicted molar refractivity (Wildman–Crippen MR) is 83.8 cm³/mol. The molecule has 0 saturated carbocycles. The van der Waals surface area contributed by atoms with Crippen molar-refractivity contribution in [1.82, 2.24) is 19.3 Å². The highest BCUT2D eigenvalue weighted by Crippen LogP contribution is 2.24. The average Bonchev–Trinajstić information content (AvgIpc) is 2.66. The van der Waals surface area contributed by atoms with Gasteiger partial charge in [0.1, 0.15) is 4.60 Å². The highest BCUT2D eigenvalue weighted by Gasteiger charge is 2.20. The summed E-state index contributed by atoms with van der Waals surface area (Å²) in [4.78, 5) is 11.7. The molecule has 0 aliphatic carbocycles. The molecule has 0 aromatic carbocycles. The molecule has 4 nitrogen and oxygen atoms in total. The lowest BCUT2D eigenvalue weighted by atomic mass is 10.0. The standard InChI is InChI=1S/C15H21BrN4/c1-10-5-4-6-19(8-10)9-13-14(16)20-12(3)7-11(2)17-15(20)18-13/h7,10H,4-6,8-9H2,1-3H3/t10-/m0/s1. The van der Waals surface area contributed by atoms with E-state index in [9.17, 15) is 0 Å². The second kappa shape index (κ2) is 5.45. The Bertz CT molecular complexity index is 634. The first-order valence-electron chi connectivity index (χ1n) is 7.28. The zero-order valence-electron chi connectivity index (χ0n) is 12.4. The highest BCUT2D eigenvalue weighted by atomic mass is 79.9. The van der Waals surface area contributed by atoms with Gasteiger partial charge >= 0.3 is 0 Å². The number of imidazole rings is 1. The van der Waals surface area contributed by atoms with Gasteiger partial charge in [-0.2, -0.15) is 0 Å². The third kappa shape index (κ3) is 2.61. The molecular formula is C15H21BrN4. The quantitative estimate of drug-likeness (QED) is 0.843. The molecule has 2 aromatic rings. The van der Waals surface area contributed by atoms with Crippen LogP contribution in [-0.2, 0) is 6.54 Å². The maximum absolute atomic E-state index is 4.72. The minimum absolute atomic E-state index is 0.793. The molecule has 3 rings (SSSR count). The fraction of sp³-hybridized carbons (Fsp3) is 0.600. The molecule has 1 fully saturated rings. The molecule has 3 heterocycles. The molecule has 5 heteroatoms. The molecule has 0 unspecified atom stereocenters. The van der Waals surface area contributed by atoms with Crippen LogP contribution >= 0.6 is 15.9 Å². The van der Waals surface area contributed by atoms with Crippen LogP contribution in [-0.4, -0.2) is 32.4 Å². The van der Waals surface area contributed by atoms with Crippen molar-refractivity contribution in [3.05, 3.63) is 27.8 Å². The van der Waals surface area contributed by atoms with Crippen LogP contribution in [0, 0.1) is 19.8 Å². The van der Waals surface area contributed by atoms with E-state index in [0.717, 1.165) is 34.2 Å². The summed E-state index contributed by atoms with van der Waals surface area (Å²) in [5.74, 6) is 1.59.